The minimum atomic E-state index is -4.39. The second-order valence-corrected chi connectivity index (χ2v) is 7.14. The molecular weight excluding hydrogens is 427 g/mol. The molecule has 0 saturated carbocycles. The molecule has 0 saturated heterocycles. The number of aryl methyl sites for hydroxylation is 2. The first kappa shape index (κ1) is 21.5. The van der Waals surface area contributed by atoms with Gasteiger partial charge in [0.2, 0.25) is 11.7 Å². The number of hydrogen-bond donors (Lipinski definition) is 1. The quantitative estimate of drug-likeness (QED) is 0.475. The predicted octanol–water partition coefficient (Wildman–Crippen LogP) is 4.33. The Morgan fingerprint density at radius 3 is 2.75 bits per heavy atom. The lowest BCUT2D eigenvalue weighted by molar-refractivity contribution is -0.176. The van der Waals surface area contributed by atoms with E-state index < -0.39 is 18.7 Å². The second kappa shape index (κ2) is 8.42. The Hall–Kier alpha value is -3.73. The number of amides is 1. The van der Waals surface area contributed by atoms with Crippen LogP contribution in [0, 0.1) is 13.8 Å². The predicted molar refractivity (Wildman–Crippen MR) is 108 cm³/mol. The van der Waals surface area contributed by atoms with E-state index in [1.807, 2.05) is 19.1 Å². The van der Waals surface area contributed by atoms with E-state index in [2.05, 4.69) is 25.2 Å². The molecule has 1 N–H and O–H groups in total. The highest BCUT2D eigenvalue weighted by molar-refractivity contribution is 6.04. The summed E-state index contributed by atoms with van der Waals surface area (Å²) in [5.41, 5.74) is 3.28. The lowest BCUT2D eigenvalue weighted by atomic mass is 10.1. The zero-order valence-electron chi connectivity index (χ0n) is 17.1. The molecule has 3 aromatic heterocycles. The van der Waals surface area contributed by atoms with Crippen LogP contribution in [0.15, 0.2) is 47.2 Å². The van der Waals surface area contributed by atoms with Crippen LogP contribution in [0.1, 0.15) is 27.5 Å². The van der Waals surface area contributed by atoms with Crippen molar-refractivity contribution >= 4 is 17.2 Å². The van der Waals surface area contributed by atoms with Gasteiger partial charge in [0.1, 0.15) is 17.9 Å². The van der Waals surface area contributed by atoms with Gasteiger partial charge in [0, 0.05) is 24.4 Å². The Morgan fingerprint density at radius 2 is 2.03 bits per heavy atom. The van der Waals surface area contributed by atoms with Gasteiger partial charge in [-0.3, -0.25) is 9.20 Å². The molecular formula is C21H18F3N5O3. The smallest absolute Gasteiger partial charge is 0.367 e. The third-order valence-corrected chi connectivity index (χ3v) is 4.62. The lowest BCUT2D eigenvalue weighted by Gasteiger charge is -2.10. The first-order valence-electron chi connectivity index (χ1n) is 9.53. The van der Waals surface area contributed by atoms with Crippen LogP contribution in [0.3, 0.4) is 0 Å². The SMILES string of the molecule is Cc1nc(-c2ccc(C)c(NC(=O)c3cnc4cc(COCC(F)(F)F)ccn34)c2)no1. The van der Waals surface area contributed by atoms with E-state index in [1.54, 1.807) is 35.7 Å². The molecule has 4 aromatic rings. The number of hydrogen-bond acceptors (Lipinski definition) is 6. The maximum atomic E-state index is 12.9. The minimum Gasteiger partial charge on any atom is -0.367 e. The van der Waals surface area contributed by atoms with E-state index in [1.165, 1.54) is 6.20 Å². The zero-order chi connectivity index (χ0) is 22.9. The molecule has 0 aliphatic rings. The standard InChI is InChI=1S/C21H18F3N5O3/c1-12-3-4-15(19-26-13(2)32-28-19)8-16(12)27-20(30)17-9-25-18-7-14(5-6-29(17)18)10-31-11-21(22,23)24/h3-9H,10-11H2,1-2H3,(H,27,30). The van der Waals surface area contributed by atoms with Crippen LogP contribution >= 0.6 is 0 Å². The Kier molecular flexibility index (Phi) is 5.66. The van der Waals surface area contributed by atoms with Crippen molar-refractivity contribution in [1.82, 2.24) is 19.5 Å². The van der Waals surface area contributed by atoms with Crippen molar-refractivity contribution < 1.29 is 27.2 Å². The van der Waals surface area contributed by atoms with Gasteiger partial charge in [-0.05, 0) is 36.2 Å². The highest BCUT2D eigenvalue weighted by Crippen LogP contribution is 2.24. The molecule has 166 valence electrons. The van der Waals surface area contributed by atoms with E-state index >= 15 is 0 Å². The summed E-state index contributed by atoms with van der Waals surface area (Å²) in [6, 6.07) is 8.55. The van der Waals surface area contributed by atoms with Crippen molar-refractivity contribution in [2.75, 3.05) is 11.9 Å². The summed E-state index contributed by atoms with van der Waals surface area (Å²) in [6.07, 6.45) is -1.43. The highest BCUT2D eigenvalue weighted by atomic mass is 19.4. The average molecular weight is 445 g/mol. The molecule has 0 atom stereocenters. The number of nitrogens with zero attached hydrogens (tertiary/aromatic N) is 4. The van der Waals surface area contributed by atoms with Crippen LogP contribution in [0.5, 0.6) is 0 Å². The third kappa shape index (κ3) is 4.78. The topological polar surface area (TPSA) is 94.5 Å². The maximum absolute atomic E-state index is 12.9. The van der Waals surface area contributed by atoms with Crippen LogP contribution in [0.4, 0.5) is 18.9 Å². The number of pyridine rings is 1. The molecule has 1 amide bonds. The summed E-state index contributed by atoms with van der Waals surface area (Å²) in [7, 11) is 0. The molecule has 0 aliphatic carbocycles. The normalized spacial score (nSPS) is 11.8. The molecule has 0 spiro atoms. The van der Waals surface area contributed by atoms with Gasteiger partial charge in [-0.25, -0.2) is 4.98 Å². The Bertz CT molecular complexity index is 1280. The van der Waals surface area contributed by atoms with E-state index in [9.17, 15) is 18.0 Å². The summed E-state index contributed by atoms with van der Waals surface area (Å²) < 4.78 is 47.9. The number of nitrogens with one attached hydrogen (secondary N) is 1. The van der Waals surface area contributed by atoms with Crippen LogP contribution in [0.25, 0.3) is 17.0 Å². The molecule has 11 heteroatoms. The number of benzene rings is 1. The zero-order valence-corrected chi connectivity index (χ0v) is 17.1. The van der Waals surface area contributed by atoms with Crippen molar-refractivity contribution in [3.63, 3.8) is 0 Å². The first-order chi connectivity index (χ1) is 15.2. The van der Waals surface area contributed by atoms with Gasteiger partial charge in [-0.2, -0.15) is 18.2 Å². The fourth-order valence-electron chi connectivity index (χ4n) is 3.06. The van der Waals surface area contributed by atoms with E-state index in [0.717, 1.165) is 5.56 Å². The fourth-order valence-corrected chi connectivity index (χ4v) is 3.06. The molecule has 1 aromatic carbocycles. The summed E-state index contributed by atoms with van der Waals surface area (Å²) in [5, 5.41) is 6.74. The summed E-state index contributed by atoms with van der Waals surface area (Å²) >= 11 is 0. The molecule has 0 radical (unpaired) electrons. The molecule has 0 aliphatic heterocycles. The molecule has 4 rings (SSSR count). The van der Waals surface area contributed by atoms with Crippen molar-refractivity contribution in [2.24, 2.45) is 0 Å². The van der Waals surface area contributed by atoms with Gasteiger partial charge in [0.05, 0.1) is 12.8 Å². The van der Waals surface area contributed by atoms with Gasteiger partial charge < -0.3 is 14.6 Å². The number of carbonyl (C=O) groups excluding carboxylic acids is 1. The van der Waals surface area contributed by atoms with Crippen molar-refractivity contribution in [3.8, 4) is 11.4 Å². The average Bonchev–Trinajstić information content (AvgIpc) is 3.34. The number of carbonyl (C=O) groups is 1. The molecule has 0 unspecified atom stereocenters. The Morgan fingerprint density at radius 1 is 1.22 bits per heavy atom. The van der Waals surface area contributed by atoms with Crippen molar-refractivity contribution in [2.45, 2.75) is 26.6 Å². The first-order valence-corrected chi connectivity index (χ1v) is 9.53. The van der Waals surface area contributed by atoms with Gasteiger partial charge in [0.25, 0.3) is 5.91 Å². The monoisotopic (exact) mass is 445 g/mol. The summed E-state index contributed by atoms with van der Waals surface area (Å²) in [6.45, 7) is 1.99. The van der Waals surface area contributed by atoms with Crippen molar-refractivity contribution in [3.05, 3.63) is 65.4 Å². The second-order valence-electron chi connectivity index (χ2n) is 7.14. The number of anilines is 1. The maximum Gasteiger partial charge on any atom is 0.411 e. The largest absolute Gasteiger partial charge is 0.411 e. The van der Waals surface area contributed by atoms with Crippen molar-refractivity contribution in [1.29, 1.82) is 0 Å². The summed E-state index contributed by atoms with van der Waals surface area (Å²) in [5.74, 6) is 0.441. The van der Waals surface area contributed by atoms with Gasteiger partial charge in [0.15, 0.2) is 0 Å². The van der Waals surface area contributed by atoms with Crippen LogP contribution in [-0.2, 0) is 11.3 Å². The van der Waals surface area contributed by atoms with E-state index in [-0.39, 0.29) is 12.3 Å². The van der Waals surface area contributed by atoms with Gasteiger partial charge in [-0.15, -0.1) is 0 Å². The number of halogens is 3. The number of aromatic nitrogens is 4. The molecule has 32 heavy (non-hydrogen) atoms. The third-order valence-electron chi connectivity index (χ3n) is 4.62. The van der Waals surface area contributed by atoms with Crippen LogP contribution in [-0.4, -0.2) is 38.2 Å². The van der Waals surface area contributed by atoms with Crippen LogP contribution < -0.4 is 5.32 Å². The van der Waals surface area contributed by atoms with Crippen LogP contribution in [0.2, 0.25) is 0 Å². The molecule has 3 heterocycles. The Balaban J connectivity index is 1.52. The molecule has 8 nitrogen and oxygen atoms in total. The highest BCUT2D eigenvalue weighted by Gasteiger charge is 2.27. The van der Waals surface area contributed by atoms with Gasteiger partial charge in [-0.1, -0.05) is 17.3 Å². The van der Waals surface area contributed by atoms with E-state index in [0.29, 0.717) is 34.2 Å². The lowest BCUT2D eigenvalue weighted by Crippen LogP contribution is -2.17. The number of ether oxygens (including phenoxy) is 1. The molecule has 0 fully saturated rings. The number of alkyl halides is 3. The minimum absolute atomic E-state index is 0.216. The van der Waals surface area contributed by atoms with Gasteiger partial charge >= 0.3 is 6.18 Å². The number of rotatable bonds is 6. The number of imidazole rings is 1. The molecule has 0 bridgehead atoms. The fraction of sp³-hybridized carbons (Fsp3) is 0.238. The Labute approximate surface area is 180 Å². The number of fused-ring (bicyclic) bond motifs is 1. The summed E-state index contributed by atoms with van der Waals surface area (Å²) in [4.78, 5) is 21.3. The van der Waals surface area contributed by atoms with E-state index in [4.69, 9.17) is 4.52 Å².